The molecule has 5 nitrogen and oxygen atoms in total. The molecular formula is C23H17BrFNO4. The monoisotopic (exact) mass is 469 g/mol. The standard InChI is InChI=1S/C23H17BrFNO4/c1-12-10-14(7-8-17(12)25)21(27)19-20(18-9-6-13(2)30-18)26(23(29)22(19)28)16-5-3-4-15(24)11-16/h3-11,20,27H,1-2H3/b21-19-. The summed E-state index contributed by atoms with van der Waals surface area (Å²) in [6.45, 7) is 3.30. The Bertz CT molecular complexity index is 1210. The van der Waals surface area contributed by atoms with Gasteiger partial charge in [-0.05, 0) is 67.9 Å². The van der Waals surface area contributed by atoms with Crippen LogP contribution in [0.25, 0.3) is 5.76 Å². The number of amides is 1. The number of aliphatic hydroxyl groups is 1. The number of ketones is 1. The summed E-state index contributed by atoms with van der Waals surface area (Å²) in [5, 5.41) is 11.0. The maximum atomic E-state index is 13.7. The molecule has 1 aromatic heterocycles. The Morgan fingerprint density at radius 1 is 1.10 bits per heavy atom. The molecule has 0 saturated carbocycles. The van der Waals surface area contributed by atoms with Gasteiger partial charge < -0.3 is 9.52 Å². The Morgan fingerprint density at radius 3 is 2.50 bits per heavy atom. The zero-order valence-corrected chi connectivity index (χ0v) is 17.7. The topological polar surface area (TPSA) is 70.8 Å². The van der Waals surface area contributed by atoms with Crippen molar-refractivity contribution in [1.82, 2.24) is 0 Å². The fourth-order valence-electron chi connectivity index (χ4n) is 3.54. The van der Waals surface area contributed by atoms with Gasteiger partial charge >= 0.3 is 0 Å². The minimum atomic E-state index is -0.960. The zero-order valence-electron chi connectivity index (χ0n) is 16.1. The third kappa shape index (κ3) is 3.35. The molecule has 1 unspecified atom stereocenters. The van der Waals surface area contributed by atoms with Crippen LogP contribution in [-0.2, 0) is 9.59 Å². The van der Waals surface area contributed by atoms with Crippen molar-refractivity contribution in [2.45, 2.75) is 19.9 Å². The number of benzene rings is 2. The molecular weight excluding hydrogens is 453 g/mol. The molecule has 1 amide bonds. The summed E-state index contributed by atoms with van der Waals surface area (Å²) in [7, 11) is 0. The van der Waals surface area contributed by atoms with E-state index in [4.69, 9.17) is 4.42 Å². The average Bonchev–Trinajstić information content (AvgIpc) is 3.25. The summed E-state index contributed by atoms with van der Waals surface area (Å²) in [5.41, 5.74) is 0.917. The molecule has 2 heterocycles. The van der Waals surface area contributed by atoms with Gasteiger partial charge in [0.15, 0.2) is 0 Å². The summed E-state index contributed by atoms with van der Waals surface area (Å²) >= 11 is 3.38. The second-order valence-corrected chi connectivity index (χ2v) is 7.98. The number of nitrogens with zero attached hydrogens (tertiary/aromatic N) is 1. The van der Waals surface area contributed by atoms with E-state index in [9.17, 15) is 19.1 Å². The van der Waals surface area contributed by atoms with Crippen LogP contribution in [0.4, 0.5) is 10.1 Å². The molecule has 1 aliphatic rings. The highest BCUT2D eigenvalue weighted by Gasteiger charge is 2.48. The normalized spacial score (nSPS) is 18.3. The van der Waals surface area contributed by atoms with Gasteiger partial charge in [-0.1, -0.05) is 22.0 Å². The van der Waals surface area contributed by atoms with E-state index >= 15 is 0 Å². The van der Waals surface area contributed by atoms with Crippen LogP contribution in [0.15, 0.2) is 69.1 Å². The lowest BCUT2D eigenvalue weighted by molar-refractivity contribution is -0.132. The Balaban J connectivity index is 1.95. The molecule has 3 aromatic rings. The number of hydrogen-bond donors (Lipinski definition) is 1. The molecule has 4 rings (SSSR count). The van der Waals surface area contributed by atoms with Crippen LogP contribution in [0.3, 0.4) is 0 Å². The van der Waals surface area contributed by atoms with E-state index in [1.54, 1.807) is 50.2 Å². The molecule has 1 aliphatic heterocycles. The van der Waals surface area contributed by atoms with Crippen LogP contribution in [0, 0.1) is 19.7 Å². The quantitative estimate of drug-likeness (QED) is 0.315. The number of aliphatic hydroxyl groups excluding tert-OH is 1. The third-order valence-electron chi connectivity index (χ3n) is 4.99. The largest absolute Gasteiger partial charge is 0.507 e. The lowest BCUT2D eigenvalue weighted by Crippen LogP contribution is -2.29. The van der Waals surface area contributed by atoms with Gasteiger partial charge in [0.2, 0.25) is 0 Å². The van der Waals surface area contributed by atoms with Gasteiger partial charge in [0.1, 0.15) is 29.1 Å². The van der Waals surface area contributed by atoms with Crippen LogP contribution in [-0.4, -0.2) is 16.8 Å². The molecule has 1 atom stereocenters. The van der Waals surface area contributed by atoms with Crippen molar-refractivity contribution in [2.24, 2.45) is 0 Å². The van der Waals surface area contributed by atoms with Gasteiger partial charge in [-0.2, -0.15) is 0 Å². The van der Waals surface area contributed by atoms with E-state index in [0.717, 1.165) is 4.47 Å². The summed E-state index contributed by atoms with van der Waals surface area (Å²) in [5.74, 6) is -1.50. The summed E-state index contributed by atoms with van der Waals surface area (Å²) in [6, 6.07) is 13.4. The van der Waals surface area contributed by atoms with Crippen molar-refractivity contribution in [2.75, 3.05) is 4.90 Å². The van der Waals surface area contributed by atoms with Crippen LogP contribution in [0.1, 0.15) is 28.7 Å². The molecule has 7 heteroatoms. The minimum Gasteiger partial charge on any atom is -0.507 e. The fraction of sp³-hybridized carbons (Fsp3) is 0.130. The zero-order chi connectivity index (χ0) is 21.6. The third-order valence-corrected chi connectivity index (χ3v) is 5.49. The van der Waals surface area contributed by atoms with E-state index in [0.29, 0.717) is 22.8 Å². The lowest BCUT2D eigenvalue weighted by atomic mass is 9.98. The Kier molecular flexibility index (Phi) is 5.07. The smallest absolute Gasteiger partial charge is 0.300 e. The maximum absolute atomic E-state index is 13.7. The number of rotatable bonds is 3. The molecule has 1 saturated heterocycles. The highest BCUT2D eigenvalue weighted by Crippen LogP contribution is 2.43. The van der Waals surface area contributed by atoms with Crippen LogP contribution in [0.5, 0.6) is 0 Å². The number of halogens is 2. The highest BCUT2D eigenvalue weighted by molar-refractivity contribution is 9.10. The molecule has 2 aromatic carbocycles. The van der Waals surface area contributed by atoms with Gasteiger partial charge in [0, 0.05) is 15.7 Å². The number of anilines is 1. The van der Waals surface area contributed by atoms with Crippen molar-refractivity contribution in [3.05, 3.63) is 93.1 Å². The first-order chi connectivity index (χ1) is 14.3. The van der Waals surface area contributed by atoms with Crippen molar-refractivity contribution in [3.8, 4) is 0 Å². The lowest BCUT2D eigenvalue weighted by Gasteiger charge is -2.23. The van der Waals surface area contributed by atoms with Crippen molar-refractivity contribution in [3.63, 3.8) is 0 Å². The van der Waals surface area contributed by atoms with E-state index in [2.05, 4.69) is 15.9 Å². The number of hydrogen-bond acceptors (Lipinski definition) is 4. The first kappa shape index (κ1) is 20.1. The second-order valence-electron chi connectivity index (χ2n) is 7.06. The van der Waals surface area contributed by atoms with Crippen molar-refractivity contribution in [1.29, 1.82) is 0 Å². The average molecular weight is 470 g/mol. The number of aryl methyl sites for hydroxylation is 2. The van der Waals surface area contributed by atoms with Crippen LogP contribution in [0.2, 0.25) is 0 Å². The summed E-state index contributed by atoms with van der Waals surface area (Å²) in [6.07, 6.45) is 0. The van der Waals surface area contributed by atoms with E-state index in [1.165, 1.54) is 23.1 Å². The van der Waals surface area contributed by atoms with Crippen molar-refractivity contribution < 1.29 is 23.5 Å². The Morgan fingerprint density at radius 2 is 1.87 bits per heavy atom. The predicted molar refractivity (Wildman–Crippen MR) is 114 cm³/mol. The molecule has 152 valence electrons. The number of Topliss-reactive ketones (excluding diaryl/α,β-unsaturated/α-hetero) is 1. The van der Waals surface area contributed by atoms with Crippen LogP contribution < -0.4 is 4.90 Å². The Hall–Kier alpha value is -3.19. The fourth-order valence-corrected chi connectivity index (χ4v) is 3.93. The highest BCUT2D eigenvalue weighted by atomic mass is 79.9. The SMILES string of the molecule is Cc1ccc(C2/C(=C(/O)c3ccc(F)c(C)c3)C(=O)C(=O)N2c2cccc(Br)c2)o1. The van der Waals surface area contributed by atoms with E-state index in [1.807, 2.05) is 0 Å². The summed E-state index contributed by atoms with van der Waals surface area (Å²) in [4.78, 5) is 27.3. The van der Waals surface area contributed by atoms with Gasteiger partial charge in [-0.3, -0.25) is 14.5 Å². The van der Waals surface area contributed by atoms with Gasteiger partial charge in [0.25, 0.3) is 11.7 Å². The van der Waals surface area contributed by atoms with E-state index in [-0.39, 0.29) is 16.9 Å². The van der Waals surface area contributed by atoms with Crippen molar-refractivity contribution >= 4 is 39.1 Å². The number of carbonyl (C=O) groups excluding carboxylic acids is 2. The molecule has 30 heavy (non-hydrogen) atoms. The van der Waals surface area contributed by atoms with Gasteiger partial charge in [-0.25, -0.2) is 4.39 Å². The number of carbonyl (C=O) groups is 2. The molecule has 0 aliphatic carbocycles. The predicted octanol–water partition coefficient (Wildman–Crippen LogP) is 5.42. The van der Waals surface area contributed by atoms with E-state index < -0.39 is 23.5 Å². The summed E-state index contributed by atoms with van der Waals surface area (Å²) < 4.78 is 20.2. The Labute approximate surface area is 180 Å². The first-order valence-corrected chi connectivity index (χ1v) is 9.96. The minimum absolute atomic E-state index is 0.111. The molecule has 1 fully saturated rings. The van der Waals surface area contributed by atoms with Gasteiger partial charge in [0.05, 0.1) is 5.57 Å². The second kappa shape index (κ2) is 7.57. The molecule has 1 N–H and O–H groups in total. The van der Waals surface area contributed by atoms with Crippen LogP contribution >= 0.6 is 15.9 Å². The number of furan rings is 1. The first-order valence-electron chi connectivity index (χ1n) is 9.17. The van der Waals surface area contributed by atoms with Gasteiger partial charge in [-0.15, -0.1) is 0 Å². The molecule has 0 radical (unpaired) electrons. The molecule has 0 spiro atoms. The molecule has 0 bridgehead atoms. The maximum Gasteiger partial charge on any atom is 0.300 e.